The number of para-hydroxylation sites is 2. The molecule has 1 aliphatic carbocycles. The van der Waals surface area contributed by atoms with Crippen molar-refractivity contribution in [2.75, 3.05) is 6.61 Å². The maximum atomic E-state index is 5.91. The molecule has 1 saturated carbocycles. The van der Waals surface area contributed by atoms with Crippen LogP contribution in [0, 0.1) is 5.92 Å². The molecule has 1 aliphatic rings. The highest BCUT2D eigenvalue weighted by Gasteiger charge is 2.22. The van der Waals surface area contributed by atoms with Gasteiger partial charge in [0.25, 0.3) is 0 Å². The van der Waals surface area contributed by atoms with E-state index in [1.54, 1.807) is 0 Å². The van der Waals surface area contributed by atoms with Gasteiger partial charge in [0.15, 0.2) is 11.3 Å². The molecule has 1 aromatic heterocycles. The van der Waals surface area contributed by atoms with Gasteiger partial charge in [-0.05, 0) is 30.9 Å². The Hall–Kier alpha value is -1.96. The fraction of sp³-hybridized carbons (Fsp3) is 0.250. The van der Waals surface area contributed by atoms with E-state index in [9.17, 15) is 0 Å². The van der Waals surface area contributed by atoms with Gasteiger partial charge in [-0.2, -0.15) is 0 Å². The van der Waals surface area contributed by atoms with Gasteiger partial charge in [-0.1, -0.05) is 30.3 Å². The Balaban J connectivity index is 1.86. The third-order valence-electron chi connectivity index (χ3n) is 3.54. The topological polar surface area (TPSA) is 22.4 Å². The largest absolute Gasteiger partial charge is 0.489 e. The van der Waals surface area contributed by atoms with E-state index in [0.29, 0.717) is 0 Å². The zero-order chi connectivity index (χ0) is 11.9. The Kier molecular flexibility index (Phi) is 2.10. The SMILES string of the molecule is c1ccc2c(c1)oc1c(OCC3CC3)cccc12. The normalized spacial score (nSPS) is 15.3. The van der Waals surface area contributed by atoms with E-state index in [1.165, 1.54) is 12.8 Å². The van der Waals surface area contributed by atoms with Crippen LogP contribution >= 0.6 is 0 Å². The highest BCUT2D eigenvalue weighted by Crippen LogP contribution is 2.36. The summed E-state index contributed by atoms with van der Waals surface area (Å²) in [5, 5.41) is 2.29. The third kappa shape index (κ3) is 1.57. The number of hydrogen-bond acceptors (Lipinski definition) is 2. The van der Waals surface area contributed by atoms with E-state index >= 15 is 0 Å². The highest BCUT2D eigenvalue weighted by molar-refractivity contribution is 6.06. The molecule has 2 heteroatoms. The Bertz CT molecular complexity index is 707. The maximum Gasteiger partial charge on any atom is 0.177 e. The molecule has 0 unspecified atom stereocenters. The first-order valence-electron chi connectivity index (χ1n) is 6.45. The van der Waals surface area contributed by atoms with Crippen LogP contribution in [0.2, 0.25) is 0 Å². The van der Waals surface area contributed by atoms with Crippen LogP contribution in [0.3, 0.4) is 0 Å². The van der Waals surface area contributed by atoms with Crippen LogP contribution in [-0.2, 0) is 0 Å². The van der Waals surface area contributed by atoms with Gasteiger partial charge in [-0.15, -0.1) is 0 Å². The summed E-state index contributed by atoms with van der Waals surface area (Å²) in [6.45, 7) is 0.816. The molecule has 2 aromatic carbocycles. The van der Waals surface area contributed by atoms with Crippen molar-refractivity contribution in [3.63, 3.8) is 0 Å². The Morgan fingerprint density at radius 2 is 1.83 bits per heavy atom. The molecule has 0 spiro atoms. The molecule has 2 nitrogen and oxygen atoms in total. The second-order valence-corrected chi connectivity index (χ2v) is 4.99. The molecule has 18 heavy (non-hydrogen) atoms. The molecular weight excluding hydrogens is 224 g/mol. The average Bonchev–Trinajstić information content (AvgIpc) is 3.16. The lowest BCUT2D eigenvalue weighted by Crippen LogP contribution is -1.98. The van der Waals surface area contributed by atoms with Crippen LogP contribution in [0.5, 0.6) is 5.75 Å². The second kappa shape index (κ2) is 3.77. The molecule has 0 aliphatic heterocycles. The molecule has 3 aromatic rings. The first kappa shape index (κ1) is 10.0. The first-order chi connectivity index (χ1) is 8.92. The van der Waals surface area contributed by atoms with Crippen molar-refractivity contribution in [2.45, 2.75) is 12.8 Å². The van der Waals surface area contributed by atoms with Crippen LogP contribution < -0.4 is 4.74 Å². The van der Waals surface area contributed by atoms with Gasteiger partial charge in [0, 0.05) is 10.8 Å². The van der Waals surface area contributed by atoms with Gasteiger partial charge >= 0.3 is 0 Å². The average molecular weight is 238 g/mol. The van der Waals surface area contributed by atoms with E-state index in [4.69, 9.17) is 9.15 Å². The minimum Gasteiger partial charge on any atom is -0.489 e. The molecule has 0 bridgehead atoms. The predicted octanol–water partition coefficient (Wildman–Crippen LogP) is 4.37. The Morgan fingerprint density at radius 1 is 1.00 bits per heavy atom. The minimum atomic E-state index is 0.754. The van der Waals surface area contributed by atoms with E-state index in [-0.39, 0.29) is 0 Å². The number of ether oxygens (including phenoxy) is 1. The smallest absolute Gasteiger partial charge is 0.177 e. The summed E-state index contributed by atoms with van der Waals surface area (Å²) in [4.78, 5) is 0. The summed E-state index contributed by atoms with van der Waals surface area (Å²) in [7, 11) is 0. The number of benzene rings is 2. The molecule has 0 saturated heterocycles. The summed E-state index contributed by atoms with van der Waals surface area (Å²) >= 11 is 0. The molecule has 90 valence electrons. The molecule has 0 N–H and O–H groups in total. The van der Waals surface area contributed by atoms with Crippen LogP contribution in [-0.4, -0.2) is 6.61 Å². The molecule has 0 radical (unpaired) electrons. The molecule has 0 amide bonds. The number of rotatable bonds is 3. The van der Waals surface area contributed by atoms with E-state index in [0.717, 1.165) is 40.2 Å². The van der Waals surface area contributed by atoms with Crippen LogP contribution in [0.1, 0.15) is 12.8 Å². The molecule has 1 fully saturated rings. The molecular formula is C16H14O2. The van der Waals surface area contributed by atoms with Crippen LogP contribution in [0.25, 0.3) is 21.9 Å². The standard InChI is InChI=1S/C16H14O2/c1-2-6-14-12(4-1)13-5-3-7-15(16(13)18-14)17-10-11-8-9-11/h1-7,11H,8-10H2. The third-order valence-corrected chi connectivity index (χ3v) is 3.54. The lowest BCUT2D eigenvalue weighted by atomic mass is 10.1. The van der Waals surface area contributed by atoms with Gasteiger partial charge in [0.2, 0.25) is 0 Å². The second-order valence-electron chi connectivity index (χ2n) is 4.99. The fourth-order valence-corrected chi connectivity index (χ4v) is 2.33. The Morgan fingerprint density at radius 3 is 2.72 bits per heavy atom. The maximum absolute atomic E-state index is 5.91. The van der Waals surface area contributed by atoms with E-state index < -0.39 is 0 Å². The summed E-state index contributed by atoms with van der Waals surface area (Å²) in [5.74, 6) is 1.63. The van der Waals surface area contributed by atoms with Crippen molar-refractivity contribution >= 4 is 21.9 Å². The van der Waals surface area contributed by atoms with Crippen LogP contribution in [0.15, 0.2) is 46.9 Å². The van der Waals surface area contributed by atoms with Crippen molar-refractivity contribution in [1.29, 1.82) is 0 Å². The molecule has 1 heterocycles. The summed E-state index contributed by atoms with van der Waals surface area (Å²) in [6.07, 6.45) is 2.60. The number of hydrogen-bond donors (Lipinski definition) is 0. The van der Waals surface area contributed by atoms with Crippen molar-refractivity contribution in [3.05, 3.63) is 42.5 Å². The highest BCUT2D eigenvalue weighted by atomic mass is 16.5. The Labute approximate surface area is 105 Å². The van der Waals surface area contributed by atoms with Crippen LogP contribution in [0.4, 0.5) is 0 Å². The van der Waals surface area contributed by atoms with Gasteiger partial charge < -0.3 is 9.15 Å². The zero-order valence-electron chi connectivity index (χ0n) is 10.1. The van der Waals surface area contributed by atoms with Crippen molar-refractivity contribution in [3.8, 4) is 5.75 Å². The van der Waals surface area contributed by atoms with Gasteiger partial charge in [0.1, 0.15) is 5.58 Å². The summed E-state index contributed by atoms with van der Waals surface area (Å²) in [6, 6.07) is 14.2. The molecule has 4 rings (SSSR count). The zero-order valence-corrected chi connectivity index (χ0v) is 10.1. The fourth-order valence-electron chi connectivity index (χ4n) is 2.33. The quantitative estimate of drug-likeness (QED) is 0.675. The van der Waals surface area contributed by atoms with Gasteiger partial charge in [-0.3, -0.25) is 0 Å². The monoisotopic (exact) mass is 238 g/mol. The number of fused-ring (bicyclic) bond motifs is 3. The van der Waals surface area contributed by atoms with Gasteiger partial charge in [-0.25, -0.2) is 0 Å². The van der Waals surface area contributed by atoms with E-state index in [2.05, 4.69) is 12.1 Å². The lowest BCUT2D eigenvalue weighted by molar-refractivity contribution is 0.299. The van der Waals surface area contributed by atoms with Crippen molar-refractivity contribution in [2.24, 2.45) is 5.92 Å². The molecule has 0 atom stereocenters. The number of furan rings is 1. The lowest BCUT2D eigenvalue weighted by Gasteiger charge is -2.04. The predicted molar refractivity (Wildman–Crippen MR) is 71.9 cm³/mol. The summed E-state index contributed by atoms with van der Waals surface area (Å²) < 4.78 is 11.8. The minimum absolute atomic E-state index is 0.754. The first-order valence-corrected chi connectivity index (χ1v) is 6.45. The summed E-state index contributed by atoms with van der Waals surface area (Å²) in [5.41, 5.74) is 1.80. The van der Waals surface area contributed by atoms with E-state index in [1.807, 2.05) is 30.3 Å². The van der Waals surface area contributed by atoms with Crippen molar-refractivity contribution < 1.29 is 9.15 Å². The van der Waals surface area contributed by atoms with Gasteiger partial charge in [0.05, 0.1) is 6.61 Å². The van der Waals surface area contributed by atoms with Crippen molar-refractivity contribution in [1.82, 2.24) is 0 Å².